The van der Waals surface area contributed by atoms with Gasteiger partial charge in [-0.25, -0.2) is 0 Å². The van der Waals surface area contributed by atoms with Crippen LogP contribution in [0.1, 0.15) is 58.3 Å². The highest BCUT2D eigenvalue weighted by molar-refractivity contribution is 5.85. The minimum Gasteiger partial charge on any atom is -0.358 e. The molecule has 1 spiro atoms. The van der Waals surface area contributed by atoms with Crippen LogP contribution in [0.3, 0.4) is 0 Å². The molecule has 0 radical (unpaired) electrons. The normalized spacial score (nSPS) is 25.8. The molecule has 0 bridgehead atoms. The Hall–Kier alpha value is -1.89. The number of nitrogens with zero attached hydrogens (tertiary/aromatic N) is 4. The molecule has 1 N–H and O–H groups in total. The summed E-state index contributed by atoms with van der Waals surface area (Å²) in [6.45, 7) is 14.5. The maximum atomic E-state index is 13.4. The van der Waals surface area contributed by atoms with Crippen molar-refractivity contribution in [2.45, 2.75) is 73.0 Å². The maximum Gasteiger partial charge on any atom is 0.237 e. The van der Waals surface area contributed by atoms with E-state index in [1.165, 1.54) is 0 Å². The molecule has 0 aromatic carbocycles. The molecule has 1 aliphatic heterocycles. The number of hydrogen-bond donors (Lipinski definition) is 1. The predicted octanol–water partition coefficient (Wildman–Crippen LogP) is 2.43. The van der Waals surface area contributed by atoms with Crippen LogP contribution in [0.15, 0.2) is 6.07 Å². The van der Waals surface area contributed by atoms with Gasteiger partial charge in [0.15, 0.2) is 0 Å². The van der Waals surface area contributed by atoms with Crippen molar-refractivity contribution in [1.82, 2.24) is 24.9 Å². The molecule has 7 nitrogen and oxygen atoms in total. The van der Waals surface area contributed by atoms with Crippen molar-refractivity contribution < 1.29 is 9.59 Å². The van der Waals surface area contributed by atoms with Gasteiger partial charge in [-0.3, -0.25) is 19.2 Å². The number of hydrogen-bond acceptors (Lipinski definition) is 4. The van der Waals surface area contributed by atoms with Crippen LogP contribution < -0.4 is 5.32 Å². The zero-order valence-electron chi connectivity index (χ0n) is 19.6. The Balaban J connectivity index is 1.71. The van der Waals surface area contributed by atoms with Crippen LogP contribution >= 0.6 is 0 Å². The lowest BCUT2D eigenvalue weighted by Gasteiger charge is -2.24. The second-order valence-corrected chi connectivity index (χ2v) is 9.63. The third-order valence-corrected chi connectivity index (χ3v) is 6.66. The number of aryl methyl sites for hydroxylation is 2. The minimum atomic E-state index is -0.112. The second kappa shape index (κ2) is 9.08. The highest BCUT2D eigenvalue weighted by atomic mass is 16.2. The molecule has 3 atom stereocenters. The number of aromatic nitrogens is 2. The number of nitrogens with one attached hydrogen (secondary N) is 1. The quantitative estimate of drug-likeness (QED) is 0.670. The van der Waals surface area contributed by atoms with Gasteiger partial charge in [-0.05, 0) is 50.5 Å². The lowest BCUT2D eigenvalue weighted by atomic mass is 9.98. The number of carbonyl (C=O) groups is 2. The SMILES string of the molecule is CCCn1nc(C)cc1CN(CC)C(=O)[C@H]1C[C@@]12C[C@@H](C(=O)NC)N(CC(C)C)C2. The molecule has 2 aliphatic rings. The summed E-state index contributed by atoms with van der Waals surface area (Å²) in [6.07, 6.45) is 2.71. The maximum absolute atomic E-state index is 13.4. The Kier molecular flexibility index (Phi) is 6.90. The Morgan fingerprint density at radius 1 is 1.33 bits per heavy atom. The van der Waals surface area contributed by atoms with Crippen molar-refractivity contribution in [1.29, 1.82) is 0 Å². The Labute approximate surface area is 181 Å². The summed E-state index contributed by atoms with van der Waals surface area (Å²) < 4.78 is 2.04. The van der Waals surface area contributed by atoms with E-state index in [4.69, 9.17) is 0 Å². The van der Waals surface area contributed by atoms with Gasteiger partial charge in [0.25, 0.3) is 0 Å². The molecule has 0 unspecified atom stereocenters. The van der Waals surface area contributed by atoms with Gasteiger partial charge >= 0.3 is 0 Å². The van der Waals surface area contributed by atoms with Gasteiger partial charge in [-0.15, -0.1) is 0 Å². The van der Waals surface area contributed by atoms with Crippen molar-refractivity contribution in [3.63, 3.8) is 0 Å². The van der Waals surface area contributed by atoms with Crippen LogP contribution in [0.2, 0.25) is 0 Å². The summed E-state index contributed by atoms with van der Waals surface area (Å²) in [4.78, 5) is 30.2. The molecule has 2 heterocycles. The first-order chi connectivity index (χ1) is 14.2. The third-order valence-electron chi connectivity index (χ3n) is 6.66. The third kappa shape index (κ3) is 4.56. The Bertz CT molecular complexity index is 774. The summed E-state index contributed by atoms with van der Waals surface area (Å²) >= 11 is 0. The number of likely N-dealkylation sites (N-methyl/N-ethyl adjacent to an activating group) is 1. The van der Waals surface area contributed by atoms with Crippen molar-refractivity contribution >= 4 is 11.8 Å². The van der Waals surface area contributed by atoms with Gasteiger partial charge in [0, 0.05) is 39.1 Å². The van der Waals surface area contributed by atoms with Gasteiger partial charge in [-0.1, -0.05) is 20.8 Å². The van der Waals surface area contributed by atoms with E-state index in [1.807, 2.05) is 23.4 Å². The fourth-order valence-electron chi connectivity index (χ4n) is 5.17. The van der Waals surface area contributed by atoms with E-state index in [0.717, 1.165) is 50.3 Å². The van der Waals surface area contributed by atoms with Crippen molar-refractivity contribution in [3.05, 3.63) is 17.5 Å². The Morgan fingerprint density at radius 2 is 2.07 bits per heavy atom. The summed E-state index contributed by atoms with van der Waals surface area (Å²) in [6, 6.07) is 1.98. The summed E-state index contributed by atoms with van der Waals surface area (Å²) in [5, 5.41) is 7.40. The molecule has 30 heavy (non-hydrogen) atoms. The zero-order valence-corrected chi connectivity index (χ0v) is 19.6. The number of amides is 2. The first kappa shape index (κ1) is 22.8. The fraction of sp³-hybridized carbons (Fsp3) is 0.783. The molecule has 2 fully saturated rings. The van der Waals surface area contributed by atoms with Crippen molar-refractivity contribution in [2.24, 2.45) is 17.3 Å². The molecule has 7 heteroatoms. The monoisotopic (exact) mass is 417 g/mol. The van der Waals surface area contributed by atoms with Gasteiger partial charge in [0.2, 0.25) is 11.8 Å². The highest BCUT2D eigenvalue weighted by Crippen LogP contribution is 2.60. The summed E-state index contributed by atoms with van der Waals surface area (Å²) in [5.41, 5.74) is 2.07. The molecule has 1 saturated carbocycles. The largest absolute Gasteiger partial charge is 0.358 e. The fourth-order valence-corrected chi connectivity index (χ4v) is 5.17. The predicted molar refractivity (Wildman–Crippen MR) is 118 cm³/mol. The molecule has 168 valence electrons. The Morgan fingerprint density at radius 3 is 2.67 bits per heavy atom. The van der Waals surface area contributed by atoms with Crippen LogP contribution in [0.4, 0.5) is 0 Å². The van der Waals surface area contributed by atoms with Crippen molar-refractivity contribution in [3.8, 4) is 0 Å². The van der Waals surface area contributed by atoms with Crippen LogP contribution in [-0.2, 0) is 22.7 Å². The van der Waals surface area contributed by atoms with Gasteiger partial charge in [0.05, 0.1) is 24.0 Å². The lowest BCUT2D eigenvalue weighted by Crippen LogP contribution is -2.43. The topological polar surface area (TPSA) is 70.5 Å². The van der Waals surface area contributed by atoms with Crippen LogP contribution in [-0.4, -0.2) is 64.1 Å². The van der Waals surface area contributed by atoms with Gasteiger partial charge in [-0.2, -0.15) is 5.10 Å². The molecule has 1 aromatic heterocycles. The van der Waals surface area contributed by atoms with Crippen molar-refractivity contribution in [2.75, 3.05) is 26.7 Å². The molecular weight excluding hydrogens is 378 g/mol. The summed E-state index contributed by atoms with van der Waals surface area (Å²) in [5.74, 6) is 0.846. The molecule has 1 aromatic rings. The highest BCUT2D eigenvalue weighted by Gasteiger charge is 2.64. The molecular formula is C23H39N5O2. The van der Waals surface area contributed by atoms with Crippen LogP contribution in [0.5, 0.6) is 0 Å². The van der Waals surface area contributed by atoms with Gasteiger partial charge in [0.1, 0.15) is 0 Å². The minimum absolute atomic E-state index is 0.0316. The van der Waals surface area contributed by atoms with E-state index in [1.54, 1.807) is 7.05 Å². The van der Waals surface area contributed by atoms with E-state index < -0.39 is 0 Å². The number of rotatable bonds is 9. The lowest BCUT2D eigenvalue weighted by molar-refractivity contribution is -0.134. The smallest absolute Gasteiger partial charge is 0.237 e. The molecule has 3 rings (SSSR count). The molecule has 1 aliphatic carbocycles. The second-order valence-electron chi connectivity index (χ2n) is 9.63. The average molecular weight is 418 g/mol. The molecule has 1 saturated heterocycles. The van der Waals surface area contributed by atoms with E-state index >= 15 is 0 Å². The number of likely N-dealkylation sites (tertiary alicyclic amines) is 1. The first-order valence-corrected chi connectivity index (χ1v) is 11.5. The van der Waals surface area contributed by atoms with Crippen LogP contribution in [0.25, 0.3) is 0 Å². The van der Waals surface area contributed by atoms with E-state index in [-0.39, 0.29) is 29.2 Å². The zero-order chi connectivity index (χ0) is 22.1. The average Bonchev–Trinajstić information content (AvgIpc) is 3.10. The number of carbonyl (C=O) groups excluding carboxylic acids is 2. The summed E-state index contributed by atoms with van der Waals surface area (Å²) in [7, 11) is 1.71. The van der Waals surface area contributed by atoms with E-state index in [0.29, 0.717) is 19.0 Å². The first-order valence-electron chi connectivity index (χ1n) is 11.5. The van der Waals surface area contributed by atoms with Crippen LogP contribution in [0, 0.1) is 24.2 Å². The van der Waals surface area contributed by atoms with E-state index in [2.05, 4.69) is 42.2 Å². The van der Waals surface area contributed by atoms with E-state index in [9.17, 15) is 9.59 Å². The standard InChI is InChI=1S/C23H39N5O2/c1-7-9-28-18(10-17(5)25-28)14-26(8-2)22(30)19-11-23(19)12-20(21(29)24-6)27(15-23)13-16(3)4/h10,16,19-20H,7-9,11-15H2,1-6H3,(H,24,29)/t19-,20+,23+/m1/s1. The molecule has 2 amide bonds. The van der Waals surface area contributed by atoms with Gasteiger partial charge < -0.3 is 10.2 Å².